The van der Waals surface area contributed by atoms with Crippen molar-refractivity contribution in [2.75, 3.05) is 27.3 Å². The Labute approximate surface area is 111 Å². The minimum Gasteiger partial charge on any atom is -0.377 e. The van der Waals surface area contributed by atoms with Crippen molar-refractivity contribution in [3.8, 4) is 6.07 Å². The van der Waals surface area contributed by atoms with Crippen LogP contribution in [0.5, 0.6) is 0 Å². The van der Waals surface area contributed by atoms with Gasteiger partial charge in [0.15, 0.2) is 0 Å². The van der Waals surface area contributed by atoms with Crippen LogP contribution in [-0.4, -0.2) is 55.3 Å². The van der Waals surface area contributed by atoms with Crippen molar-refractivity contribution in [3.63, 3.8) is 0 Å². The summed E-state index contributed by atoms with van der Waals surface area (Å²) in [6, 6.07) is 5.11. The Morgan fingerprint density at radius 1 is 1.37 bits per heavy atom. The second-order valence-electron chi connectivity index (χ2n) is 4.30. The highest BCUT2D eigenvalue weighted by Crippen LogP contribution is 2.17. The normalized spacial score (nSPS) is 22.3. The Morgan fingerprint density at radius 2 is 2.00 bits per heavy atom. The number of likely N-dealkylation sites (tertiary alicyclic amines) is 1. The molecule has 100 valence electrons. The summed E-state index contributed by atoms with van der Waals surface area (Å²) in [6.45, 7) is 0.963. The molecule has 0 radical (unpaired) electrons. The van der Waals surface area contributed by atoms with Crippen LogP contribution in [0.2, 0.25) is 0 Å². The first-order chi connectivity index (χ1) is 9.19. The van der Waals surface area contributed by atoms with Crippen LogP contribution in [0.25, 0.3) is 0 Å². The van der Waals surface area contributed by atoms with E-state index in [0.717, 1.165) is 0 Å². The zero-order chi connectivity index (χ0) is 13.8. The summed E-state index contributed by atoms with van der Waals surface area (Å²) in [5.41, 5.74) is 0.758. The first-order valence-corrected chi connectivity index (χ1v) is 5.90. The van der Waals surface area contributed by atoms with Crippen molar-refractivity contribution in [1.29, 1.82) is 5.26 Å². The highest BCUT2D eigenvalue weighted by Gasteiger charge is 2.36. The minimum absolute atomic E-state index is 0.118. The maximum atomic E-state index is 12.2. The molecule has 1 amide bonds. The van der Waals surface area contributed by atoms with Gasteiger partial charge in [-0.1, -0.05) is 0 Å². The number of hydrogen-bond donors (Lipinski definition) is 0. The average molecular weight is 261 g/mol. The molecular weight excluding hydrogens is 246 g/mol. The van der Waals surface area contributed by atoms with Gasteiger partial charge in [-0.15, -0.1) is 0 Å². The van der Waals surface area contributed by atoms with Gasteiger partial charge in [0.1, 0.15) is 24.0 Å². The van der Waals surface area contributed by atoms with Gasteiger partial charge in [-0.3, -0.25) is 4.79 Å². The highest BCUT2D eigenvalue weighted by atomic mass is 16.5. The number of carbonyl (C=O) groups is 1. The molecule has 0 spiro atoms. The van der Waals surface area contributed by atoms with Gasteiger partial charge in [0.05, 0.1) is 5.56 Å². The number of pyridine rings is 1. The van der Waals surface area contributed by atoms with Crippen LogP contribution >= 0.6 is 0 Å². The molecule has 2 rings (SSSR count). The summed E-state index contributed by atoms with van der Waals surface area (Å²) in [7, 11) is 3.20. The Kier molecular flexibility index (Phi) is 4.10. The number of rotatable bonds is 3. The third kappa shape index (κ3) is 2.72. The first-order valence-electron chi connectivity index (χ1n) is 5.90. The summed E-state index contributed by atoms with van der Waals surface area (Å²) in [5.74, 6) is -0.175. The van der Waals surface area contributed by atoms with E-state index >= 15 is 0 Å². The number of aromatic nitrogens is 1. The summed E-state index contributed by atoms with van der Waals surface area (Å²) in [5, 5.41) is 8.69. The molecule has 2 atom stereocenters. The summed E-state index contributed by atoms with van der Waals surface area (Å²) in [6.07, 6.45) is 1.16. The molecule has 0 saturated carbocycles. The molecule has 0 aromatic carbocycles. The summed E-state index contributed by atoms with van der Waals surface area (Å²) in [4.78, 5) is 17.9. The van der Waals surface area contributed by atoms with Gasteiger partial charge >= 0.3 is 0 Å². The van der Waals surface area contributed by atoms with Crippen molar-refractivity contribution in [2.24, 2.45) is 0 Å². The lowest BCUT2D eigenvalue weighted by Crippen LogP contribution is -2.30. The van der Waals surface area contributed by atoms with Gasteiger partial charge in [0.25, 0.3) is 5.91 Å². The third-order valence-electron chi connectivity index (χ3n) is 3.22. The topological polar surface area (TPSA) is 75.5 Å². The smallest absolute Gasteiger partial charge is 0.272 e. The molecule has 6 nitrogen and oxygen atoms in total. The quantitative estimate of drug-likeness (QED) is 0.789. The minimum atomic E-state index is -0.175. The number of carbonyl (C=O) groups excluding carboxylic acids is 1. The van der Waals surface area contributed by atoms with E-state index in [4.69, 9.17) is 14.7 Å². The van der Waals surface area contributed by atoms with Gasteiger partial charge in [0, 0.05) is 33.5 Å². The van der Waals surface area contributed by atoms with Crippen LogP contribution in [0.4, 0.5) is 0 Å². The number of ether oxygens (including phenoxy) is 2. The average Bonchev–Trinajstić information content (AvgIpc) is 2.89. The molecule has 0 aliphatic carbocycles. The van der Waals surface area contributed by atoms with Crippen molar-refractivity contribution < 1.29 is 14.3 Å². The van der Waals surface area contributed by atoms with Crippen LogP contribution in [-0.2, 0) is 9.47 Å². The van der Waals surface area contributed by atoms with Gasteiger partial charge in [0.2, 0.25) is 0 Å². The zero-order valence-electron chi connectivity index (χ0n) is 10.9. The van der Waals surface area contributed by atoms with E-state index in [0.29, 0.717) is 24.3 Å². The summed E-state index contributed by atoms with van der Waals surface area (Å²) >= 11 is 0. The van der Waals surface area contributed by atoms with E-state index in [1.165, 1.54) is 6.20 Å². The predicted octanol–water partition coefficient (Wildman–Crippen LogP) is 0.439. The van der Waals surface area contributed by atoms with E-state index in [-0.39, 0.29) is 18.1 Å². The molecule has 1 saturated heterocycles. The fraction of sp³-hybridized carbons (Fsp3) is 0.462. The van der Waals surface area contributed by atoms with Gasteiger partial charge < -0.3 is 14.4 Å². The molecule has 2 unspecified atom stereocenters. The third-order valence-corrected chi connectivity index (χ3v) is 3.22. The lowest BCUT2D eigenvalue weighted by atomic mass is 10.2. The fourth-order valence-electron chi connectivity index (χ4n) is 2.11. The molecule has 0 bridgehead atoms. The standard InChI is InChI=1S/C13H15N3O3/c1-18-11-7-16(8-12(11)19-2)13(17)10-4-3-9(5-14)6-15-10/h3-4,6,11-12H,7-8H2,1-2H3. The van der Waals surface area contributed by atoms with Gasteiger partial charge in [-0.25, -0.2) is 4.98 Å². The van der Waals surface area contributed by atoms with Crippen LogP contribution in [0.3, 0.4) is 0 Å². The van der Waals surface area contributed by atoms with Crippen LogP contribution in [0, 0.1) is 11.3 Å². The molecule has 0 N–H and O–H groups in total. The highest BCUT2D eigenvalue weighted by molar-refractivity contribution is 5.92. The number of methoxy groups -OCH3 is 2. The van der Waals surface area contributed by atoms with Crippen LogP contribution in [0.1, 0.15) is 16.1 Å². The van der Waals surface area contributed by atoms with Crippen molar-refractivity contribution >= 4 is 5.91 Å². The second kappa shape index (κ2) is 5.78. The second-order valence-corrected chi connectivity index (χ2v) is 4.30. The van der Waals surface area contributed by atoms with Gasteiger partial charge in [-0.2, -0.15) is 5.26 Å². The van der Waals surface area contributed by atoms with E-state index in [2.05, 4.69) is 4.98 Å². The van der Waals surface area contributed by atoms with E-state index in [9.17, 15) is 4.79 Å². The van der Waals surface area contributed by atoms with E-state index in [1.54, 1.807) is 31.3 Å². The molecule has 1 aliphatic rings. The predicted molar refractivity (Wildman–Crippen MR) is 66.4 cm³/mol. The van der Waals surface area contributed by atoms with E-state index < -0.39 is 0 Å². The van der Waals surface area contributed by atoms with Gasteiger partial charge in [-0.05, 0) is 12.1 Å². The number of hydrogen-bond acceptors (Lipinski definition) is 5. The molecule has 19 heavy (non-hydrogen) atoms. The Balaban J connectivity index is 2.10. The number of nitriles is 1. The Bertz CT molecular complexity index is 483. The molecule has 1 fully saturated rings. The summed E-state index contributed by atoms with van der Waals surface area (Å²) < 4.78 is 10.6. The Hall–Kier alpha value is -1.97. The number of nitrogens with zero attached hydrogens (tertiary/aromatic N) is 3. The molecule has 1 aliphatic heterocycles. The van der Waals surface area contributed by atoms with Crippen molar-refractivity contribution in [1.82, 2.24) is 9.88 Å². The molecule has 1 aromatic heterocycles. The maximum Gasteiger partial charge on any atom is 0.272 e. The monoisotopic (exact) mass is 261 g/mol. The molecule has 6 heteroatoms. The number of amides is 1. The fourth-order valence-corrected chi connectivity index (χ4v) is 2.11. The molecule has 2 heterocycles. The molecule has 1 aromatic rings. The lowest BCUT2D eigenvalue weighted by Gasteiger charge is -2.14. The molecular formula is C13H15N3O3. The van der Waals surface area contributed by atoms with Crippen molar-refractivity contribution in [2.45, 2.75) is 12.2 Å². The lowest BCUT2D eigenvalue weighted by molar-refractivity contribution is -0.00461. The first kappa shape index (κ1) is 13.5. The van der Waals surface area contributed by atoms with Crippen LogP contribution < -0.4 is 0 Å². The van der Waals surface area contributed by atoms with Crippen molar-refractivity contribution in [3.05, 3.63) is 29.6 Å². The SMILES string of the molecule is COC1CN(C(=O)c2ccc(C#N)cn2)CC1OC. The Morgan fingerprint density at radius 3 is 2.42 bits per heavy atom. The zero-order valence-corrected chi connectivity index (χ0v) is 10.9. The largest absolute Gasteiger partial charge is 0.377 e. The van der Waals surface area contributed by atoms with Crippen LogP contribution in [0.15, 0.2) is 18.3 Å². The van der Waals surface area contributed by atoms with E-state index in [1.807, 2.05) is 6.07 Å². The maximum absolute atomic E-state index is 12.2.